The summed E-state index contributed by atoms with van der Waals surface area (Å²) in [4.78, 5) is 25.5. The van der Waals surface area contributed by atoms with Gasteiger partial charge in [-0.2, -0.15) is 18.3 Å². The van der Waals surface area contributed by atoms with Crippen LogP contribution in [0.25, 0.3) is 5.69 Å². The number of ether oxygens (including phenoxy) is 1. The molecule has 0 radical (unpaired) electrons. The van der Waals surface area contributed by atoms with Crippen LogP contribution in [0, 0.1) is 6.92 Å². The van der Waals surface area contributed by atoms with Gasteiger partial charge in [0.15, 0.2) is 0 Å². The number of carbonyl (C=O) groups excluding carboxylic acids is 1. The molecule has 1 atom stereocenters. The van der Waals surface area contributed by atoms with Gasteiger partial charge in [-0.1, -0.05) is 18.2 Å². The second-order valence-corrected chi connectivity index (χ2v) is 8.42. The molecule has 0 fully saturated rings. The maximum Gasteiger partial charge on any atom is 0.433 e. The lowest BCUT2D eigenvalue weighted by molar-refractivity contribution is -0.143. The van der Waals surface area contributed by atoms with E-state index >= 15 is 0 Å². The van der Waals surface area contributed by atoms with Crippen LogP contribution < -0.4 is 15.0 Å². The quantitative estimate of drug-likeness (QED) is 0.487. The standard InChI is InChI=1S/C25H25F3N4O4/c1-15-18-10-11-31(23(33)13-19(29-2)24(34)35)20(18)8-9-21(15)36-14-16-12-22(25(26,27)28)32(30-16)17-6-4-3-5-7-17/h3-9,12,19,29H,10-11,13-14H2,1-2H3,(H,34,35)/t19-/m1/s1. The number of carbonyl (C=O) groups is 2. The predicted molar refractivity (Wildman–Crippen MR) is 125 cm³/mol. The van der Waals surface area contributed by atoms with Gasteiger partial charge in [0, 0.05) is 12.2 Å². The molecule has 1 amide bonds. The molecule has 36 heavy (non-hydrogen) atoms. The number of aliphatic carboxylic acids is 1. The minimum absolute atomic E-state index is 0.120. The first-order valence-corrected chi connectivity index (χ1v) is 11.3. The van der Waals surface area contributed by atoms with Crippen molar-refractivity contribution >= 4 is 17.6 Å². The Morgan fingerprint density at radius 2 is 1.92 bits per heavy atom. The number of halogens is 3. The highest BCUT2D eigenvalue weighted by atomic mass is 19.4. The highest BCUT2D eigenvalue weighted by Gasteiger charge is 2.36. The largest absolute Gasteiger partial charge is 0.487 e. The first-order valence-electron chi connectivity index (χ1n) is 11.3. The number of anilines is 1. The molecule has 190 valence electrons. The molecule has 1 aliphatic heterocycles. The lowest BCUT2D eigenvalue weighted by atomic mass is 10.1. The van der Waals surface area contributed by atoms with Crippen molar-refractivity contribution in [3.63, 3.8) is 0 Å². The minimum Gasteiger partial charge on any atom is -0.487 e. The molecular formula is C25H25F3N4O4. The number of alkyl halides is 3. The molecule has 0 saturated carbocycles. The van der Waals surface area contributed by atoms with Crippen molar-refractivity contribution in [2.24, 2.45) is 0 Å². The van der Waals surface area contributed by atoms with E-state index in [1.807, 2.05) is 6.92 Å². The third-order valence-corrected chi connectivity index (χ3v) is 6.15. The molecule has 0 unspecified atom stereocenters. The van der Waals surface area contributed by atoms with Gasteiger partial charge in [-0.05, 0) is 61.9 Å². The van der Waals surface area contributed by atoms with E-state index < -0.39 is 23.9 Å². The molecule has 11 heteroatoms. The fourth-order valence-electron chi connectivity index (χ4n) is 4.27. The number of hydrogen-bond donors (Lipinski definition) is 2. The van der Waals surface area contributed by atoms with Gasteiger partial charge in [0.05, 0.1) is 12.1 Å². The predicted octanol–water partition coefficient (Wildman–Crippen LogP) is 3.73. The summed E-state index contributed by atoms with van der Waals surface area (Å²) in [5.41, 5.74) is 1.84. The Bertz CT molecular complexity index is 1270. The van der Waals surface area contributed by atoms with Crippen LogP contribution in [-0.4, -0.2) is 46.4 Å². The Morgan fingerprint density at radius 3 is 2.56 bits per heavy atom. The maximum atomic E-state index is 13.6. The van der Waals surface area contributed by atoms with Gasteiger partial charge in [-0.25, -0.2) is 4.68 Å². The molecule has 3 aromatic rings. The minimum atomic E-state index is -4.59. The molecule has 0 spiro atoms. The molecule has 2 N–H and O–H groups in total. The van der Waals surface area contributed by atoms with E-state index in [9.17, 15) is 27.9 Å². The van der Waals surface area contributed by atoms with Crippen LogP contribution in [-0.2, 0) is 28.8 Å². The van der Waals surface area contributed by atoms with E-state index in [0.717, 1.165) is 21.9 Å². The molecule has 2 heterocycles. The van der Waals surface area contributed by atoms with E-state index in [2.05, 4.69) is 10.4 Å². The number of rotatable bonds is 8. The number of hydrogen-bond acceptors (Lipinski definition) is 5. The van der Waals surface area contributed by atoms with Crippen LogP contribution in [0.4, 0.5) is 18.9 Å². The van der Waals surface area contributed by atoms with Gasteiger partial charge in [-0.15, -0.1) is 0 Å². The third-order valence-electron chi connectivity index (χ3n) is 6.15. The van der Waals surface area contributed by atoms with Crippen LogP contribution in [0.2, 0.25) is 0 Å². The Kier molecular flexibility index (Phi) is 7.02. The first-order chi connectivity index (χ1) is 17.1. The summed E-state index contributed by atoms with van der Waals surface area (Å²) in [7, 11) is 1.48. The average molecular weight is 502 g/mol. The number of nitrogens with zero attached hydrogens (tertiary/aromatic N) is 3. The molecule has 0 aliphatic carbocycles. The Hall–Kier alpha value is -3.86. The van der Waals surface area contributed by atoms with Gasteiger partial charge in [0.2, 0.25) is 5.91 Å². The summed E-state index contributed by atoms with van der Waals surface area (Å²) in [6.45, 7) is 2.05. The summed E-state index contributed by atoms with van der Waals surface area (Å²) in [5.74, 6) is -0.937. The summed E-state index contributed by atoms with van der Waals surface area (Å²) < 4.78 is 47.5. The van der Waals surface area contributed by atoms with Gasteiger partial charge in [0.1, 0.15) is 29.8 Å². The van der Waals surface area contributed by atoms with Crippen molar-refractivity contribution in [1.29, 1.82) is 0 Å². The zero-order valence-corrected chi connectivity index (χ0v) is 19.7. The second-order valence-electron chi connectivity index (χ2n) is 8.42. The highest BCUT2D eigenvalue weighted by molar-refractivity contribution is 5.98. The van der Waals surface area contributed by atoms with Crippen molar-refractivity contribution in [1.82, 2.24) is 15.1 Å². The number of amides is 1. The van der Waals surface area contributed by atoms with Crippen molar-refractivity contribution in [3.8, 4) is 11.4 Å². The monoisotopic (exact) mass is 502 g/mol. The Morgan fingerprint density at radius 1 is 1.19 bits per heavy atom. The number of aromatic nitrogens is 2. The van der Waals surface area contributed by atoms with E-state index in [1.54, 1.807) is 47.4 Å². The maximum absolute atomic E-state index is 13.6. The first kappa shape index (κ1) is 25.2. The number of fused-ring (bicyclic) bond motifs is 1. The normalized spacial score (nSPS) is 14.0. The zero-order chi connectivity index (χ0) is 26.0. The highest BCUT2D eigenvalue weighted by Crippen LogP contribution is 2.37. The number of benzene rings is 2. The molecule has 2 aromatic carbocycles. The van der Waals surface area contributed by atoms with Crippen molar-refractivity contribution in [3.05, 3.63) is 71.0 Å². The zero-order valence-electron chi connectivity index (χ0n) is 19.7. The third kappa shape index (κ3) is 5.06. The van der Waals surface area contributed by atoms with Crippen molar-refractivity contribution in [2.75, 3.05) is 18.5 Å². The van der Waals surface area contributed by atoms with Crippen LogP contribution in [0.5, 0.6) is 5.75 Å². The van der Waals surface area contributed by atoms with Crippen LogP contribution in [0.15, 0.2) is 48.5 Å². The molecule has 8 nitrogen and oxygen atoms in total. The van der Waals surface area contributed by atoms with Gasteiger partial charge >= 0.3 is 12.1 Å². The number of para-hydroxylation sites is 1. The van der Waals surface area contributed by atoms with Crippen molar-refractivity contribution in [2.45, 2.75) is 38.6 Å². The van der Waals surface area contributed by atoms with E-state index in [0.29, 0.717) is 24.4 Å². The molecule has 0 bridgehead atoms. The summed E-state index contributed by atoms with van der Waals surface area (Å²) >= 11 is 0. The molecule has 1 aromatic heterocycles. The second kappa shape index (κ2) is 10.0. The fourth-order valence-corrected chi connectivity index (χ4v) is 4.27. The van der Waals surface area contributed by atoms with E-state index in [-0.39, 0.29) is 30.3 Å². The summed E-state index contributed by atoms with van der Waals surface area (Å²) in [6, 6.07) is 11.4. The smallest absolute Gasteiger partial charge is 0.433 e. The van der Waals surface area contributed by atoms with Crippen LogP contribution >= 0.6 is 0 Å². The number of nitrogens with one attached hydrogen (secondary N) is 1. The molecule has 1 aliphatic rings. The molecule has 0 saturated heterocycles. The lowest BCUT2D eigenvalue weighted by Gasteiger charge is -2.20. The molecular weight excluding hydrogens is 477 g/mol. The van der Waals surface area contributed by atoms with E-state index in [4.69, 9.17) is 4.74 Å². The summed E-state index contributed by atoms with van der Waals surface area (Å²) in [6.07, 6.45) is -4.22. The van der Waals surface area contributed by atoms with Crippen molar-refractivity contribution < 1.29 is 32.6 Å². The average Bonchev–Trinajstić information content (AvgIpc) is 3.47. The van der Waals surface area contributed by atoms with Gasteiger partial charge in [0.25, 0.3) is 0 Å². The summed E-state index contributed by atoms with van der Waals surface area (Å²) in [5, 5.41) is 15.9. The van der Waals surface area contributed by atoms with Gasteiger partial charge in [-0.3, -0.25) is 9.59 Å². The van der Waals surface area contributed by atoms with Crippen LogP contribution in [0.1, 0.15) is 28.9 Å². The lowest BCUT2D eigenvalue weighted by Crippen LogP contribution is -2.40. The number of likely N-dealkylation sites (N-methyl/N-ethyl adjacent to an activating group) is 1. The topological polar surface area (TPSA) is 96.7 Å². The van der Waals surface area contributed by atoms with E-state index in [1.165, 1.54) is 7.05 Å². The number of carboxylic acids is 1. The fraction of sp³-hybridized carbons (Fsp3) is 0.320. The van der Waals surface area contributed by atoms with Gasteiger partial charge < -0.3 is 20.1 Å². The SMILES string of the molecule is CN[C@H](CC(=O)N1CCc2c1ccc(OCc1cc(C(F)(F)F)n(-c3ccccc3)n1)c2C)C(=O)O. The Labute approximate surface area is 205 Å². The number of carboxylic acid groups (broad SMARTS) is 1. The van der Waals surface area contributed by atoms with Crippen LogP contribution in [0.3, 0.4) is 0 Å². The Balaban J connectivity index is 1.52. The molecule has 4 rings (SSSR count).